The topological polar surface area (TPSA) is 9.23 Å². The van der Waals surface area contributed by atoms with Gasteiger partial charge in [0.25, 0.3) is 0 Å². The molecule has 1 saturated carbocycles. The molecular formula is C15H20ClFO. The monoisotopic (exact) mass is 270 g/mol. The molecule has 3 heteroatoms. The van der Waals surface area contributed by atoms with Crippen LogP contribution in [-0.4, -0.2) is 7.11 Å². The molecule has 0 radical (unpaired) electrons. The maximum Gasteiger partial charge on any atom is 0.165 e. The molecule has 0 saturated heterocycles. The third-order valence-electron chi connectivity index (χ3n) is 3.80. The molecule has 1 aromatic carbocycles. The number of hydrogen-bond donors (Lipinski definition) is 0. The predicted octanol–water partition coefficient (Wildman–Crippen LogP) is 5.08. The van der Waals surface area contributed by atoms with E-state index in [2.05, 4.69) is 0 Å². The van der Waals surface area contributed by atoms with Crippen LogP contribution < -0.4 is 4.74 Å². The van der Waals surface area contributed by atoms with E-state index in [4.69, 9.17) is 16.3 Å². The number of ether oxygens (including phenoxy) is 1. The minimum absolute atomic E-state index is 0.0893. The van der Waals surface area contributed by atoms with E-state index in [9.17, 15) is 4.39 Å². The van der Waals surface area contributed by atoms with Gasteiger partial charge in [0.15, 0.2) is 11.6 Å². The molecule has 0 heterocycles. The van der Waals surface area contributed by atoms with Crippen LogP contribution in [0.25, 0.3) is 0 Å². The first kappa shape index (κ1) is 13.7. The SMILES string of the molecule is COc1ccc(C(Cl)CC2CCCCC2)cc1F. The molecule has 100 valence electrons. The summed E-state index contributed by atoms with van der Waals surface area (Å²) in [5.41, 5.74) is 0.862. The highest BCUT2D eigenvalue weighted by atomic mass is 35.5. The Morgan fingerprint density at radius 3 is 2.67 bits per heavy atom. The first-order chi connectivity index (χ1) is 8.70. The highest BCUT2D eigenvalue weighted by Gasteiger charge is 2.19. The lowest BCUT2D eigenvalue weighted by molar-refractivity contribution is 0.335. The van der Waals surface area contributed by atoms with Crippen molar-refractivity contribution < 1.29 is 9.13 Å². The average molecular weight is 271 g/mol. The Hall–Kier alpha value is -0.760. The van der Waals surface area contributed by atoms with Gasteiger partial charge in [-0.25, -0.2) is 4.39 Å². The molecule has 18 heavy (non-hydrogen) atoms. The summed E-state index contributed by atoms with van der Waals surface area (Å²) in [4.78, 5) is 0. The number of rotatable bonds is 4. The van der Waals surface area contributed by atoms with Crippen LogP contribution in [0.15, 0.2) is 18.2 Å². The molecule has 0 aliphatic heterocycles. The lowest BCUT2D eigenvalue weighted by atomic mass is 9.85. The summed E-state index contributed by atoms with van der Waals surface area (Å²) in [6.07, 6.45) is 7.45. The normalized spacial score (nSPS) is 18.6. The number of hydrogen-bond acceptors (Lipinski definition) is 1. The van der Waals surface area contributed by atoms with Crippen molar-refractivity contribution >= 4 is 11.6 Å². The zero-order chi connectivity index (χ0) is 13.0. The number of halogens is 2. The van der Waals surface area contributed by atoms with Gasteiger partial charge >= 0.3 is 0 Å². The van der Waals surface area contributed by atoms with Gasteiger partial charge in [-0.2, -0.15) is 0 Å². The van der Waals surface area contributed by atoms with Crippen molar-refractivity contribution in [3.8, 4) is 5.75 Å². The van der Waals surface area contributed by atoms with Crippen LogP contribution in [0.1, 0.15) is 49.5 Å². The lowest BCUT2D eigenvalue weighted by Gasteiger charge is -2.24. The Morgan fingerprint density at radius 2 is 2.06 bits per heavy atom. The molecule has 1 fully saturated rings. The molecule has 0 amide bonds. The summed E-state index contributed by atoms with van der Waals surface area (Å²) in [6.45, 7) is 0. The highest BCUT2D eigenvalue weighted by Crippen LogP contribution is 2.36. The van der Waals surface area contributed by atoms with Crippen molar-refractivity contribution in [1.82, 2.24) is 0 Å². The minimum Gasteiger partial charge on any atom is -0.494 e. The first-order valence-corrected chi connectivity index (χ1v) is 7.12. The van der Waals surface area contributed by atoms with E-state index in [1.165, 1.54) is 45.3 Å². The smallest absolute Gasteiger partial charge is 0.165 e. The molecule has 0 N–H and O–H groups in total. The van der Waals surface area contributed by atoms with Crippen molar-refractivity contribution in [3.05, 3.63) is 29.6 Å². The lowest BCUT2D eigenvalue weighted by Crippen LogP contribution is -2.09. The van der Waals surface area contributed by atoms with E-state index in [0.717, 1.165) is 12.0 Å². The molecular weight excluding hydrogens is 251 g/mol. The molecule has 1 unspecified atom stereocenters. The van der Waals surface area contributed by atoms with E-state index in [1.54, 1.807) is 6.07 Å². The van der Waals surface area contributed by atoms with Gasteiger partial charge in [-0.1, -0.05) is 38.2 Å². The highest BCUT2D eigenvalue weighted by molar-refractivity contribution is 6.20. The fourth-order valence-corrected chi connectivity index (χ4v) is 3.12. The van der Waals surface area contributed by atoms with E-state index in [-0.39, 0.29) is 16.9 Å². The van der Waals surface area contributed by atoms with Crippen molar-refractivity contribution in [3.63, 3.8) is 0 Å². The summed E-state index contributed by atoms with van der Waals surface area (Å²) >= 11 is 6.40. The fraction of sp³-hybridized carbons (Fsp3) is 0.600. The average Bonchev–Trinajstić information content (AvgIpc) is 2.39. The standard InChI is InChI=1S/C15H20ClFO/c1-18-15-8-7-12(10-14(15)17)13(16)9-11-5-3-2-4-6-11/h7-8,10-11,13H,2-6,9H2,1H3. The predicted molar refractivity (Wildman–Crippen MR) is 72.7 cm³/mol. The molecule has 0 aromatic heterocycles. The van der Waals surface area contributed by atoms with Gasteiger partial charge in [0.1, 0.15) is 0 Å². The van der Waals surface area contributed by atoms with Crippen LogP contribution in [0.5, 0.6) is 5.75 Å². The maximum absolute atomic E-state index is 13.6. The summed E-state index contributed by atoms with van der Waals surface area (Å²) in [6, 6.07) is 5.02. The van der Waals surface area contributed by atoms with Crippen LogP contribution in [0, 0.1) is 11.7 Å². The number of methoxy groups -OCH3 is 1. The second kappa shape index (κ2) is 6.42. The Bertz CT molecular complexity index is 388. The molecule has 0 bridgehead atoms. The zero-order valence-electron chi connectivity index (χ0n) is 10.8. The summed E-state index contributed by atoms with van der Waals surface area (Å²) in [5, 5.41) is -0.0893. The van der Waals surface area contributed by atoms with Gasteiger partial charge in [-0.05, 0) is 30.0 Å². The quantitative estimate of drug-likeness (QED) is 0.693. The summed E-state index contributed by atoms with van der Waals surface area (Å²) < 4.78 is 18.5. The van der Waals surface area contributed by atoms with Crippen molar-refractivity contribution in [2.75, 3.05) is 7.11 Å². The van der Waals surface area contributed by atoms with Gasteiger partial charge < -0.3 is 4.74 Å². The van der Waals surface area contributed by atoms with Gasteiger partial charge in [-0.15, -0.1) is 11.6 Å². The molecule has 1 atom stereocenters. The van der Waals surface area contributed by atoms with Gasteiger partial charge in [-0.3, -0.25) is 0 Å². The van der Waals surface area contributed by atoms with Crippen LogP contribution >= 0.6 is 11.6 Å². The maximum atomic E-state index is 13.6. The Morgan fingerprint density at radius 1 is 1.33 bits per heavy atom. The molecule has 1 nitrogen and oxygen atoms in total. The molecule has 1 aromatic rings. The van der Waals surface area contributed by atoms with Crippen LogP contribution in [0.4, 0.5) is 4.39 Å². The molecule has 0 spiro atoms. The van der Waals surface area contributed by atoms with E-state index >= 15 is 0 Å². The molecule has 1 aliphatic rings. The van der Waals surface area contributed by atoms with Gasteiger partial charge in [0, 0.05) is 0 Å². The summed E-state index contributed by atoms with van der Waals surface area (Å²) in [5.74, 6) is 0.649. The number of alkyl halides is 1. The fourth-order valence-electron chi connectivity index (χ4n) is 2.73. The first-order valence-electron chi connectivity index (χ1n) is 6.68. The van der Waals surface area contributed by atoms with Crippen LogP contribution in [-0.2, 0) is 0 Å². The molecule has 1 aliphatic carbocycles. The van der Waals surface area contributed by atoms with Gasteiger partial charge in [0.2, 0.25) is 0 Å². The van der Waals surface area contributed by atoms with Crippen molar-refractivity contribution in [1.29, 1.82) is 0 Å². The molecule has 2 rings (SSSR count). The van der Waals surface area contributed by atoms with E-state index in [0.29, 0.717) is 5.92 Å². The largest absolute Gasteiger partial charge is 0.494 e. The summed E-state index contributed by atoms with van der Waals surface area (Å²) in [7, 11) is 1.47. The van der Waals surface area contributed by atoms with Gasteiger partial charge in [0.05, 0.1) is 12.5 Å². The third kappa shape index (κ3) is 3.38. The zero-order valence-corrected chi connectivity index (χ0v) is 11.5. The Labute approximate surface area is 113 Å². The van der Waals surface area contributed by atoms with E-state index < -0.39 is 0 Å². The van der Waals surface area contributed by atoms with Crippen LogP contribution in [0.2, 0.25) is 0 Å². The second-order valence-corrected chi connectivity index (χ2v) is 5.63. The third-order valence-corrected chi connectivity index (χ3v) is 4.23. The van der Waals surface area contributed by atoms with Crippen molar-refractivity contribution in [2.45, 2.75) is 43.9 Å². The second-order valence-electron chi connectivity index (χ2n) is 5.10. The minimum atomic E-state index is -0.329. The Kier molecular flexibility index (Phi) is 4.87. The van der Waals surface area contributed by atoms with E-state index in [1.807, 2.05) is 6.07 Å². The Balaban J connectivity index is 1.99. The van der Waals surface area contributed by atoms with Crippen LogP contribution in [0.3, 0.4) is 0 Å². The van der Waals surface area contributed by atoms with Crippen molar-refractivity contribution in [2.24, 2.45) is 5.92 Å². The number of benzene rings is 1.